The maximum absolute atomic E-state index is 12.8. The Kier molecular flexibility index (Phi) is 2.38. The Morgan fingerprint density at radius 2 is 2.13 bits per heavy atom. The lowest BCUT2D eigenvalue weighted by Crippen LogP contribution is -2.35. The van der Waals surface area contributed by atoms with Gasteiger partial charge >= 0.3 is 0 Å². The van der Waals surface area contributed by atoms with Crippen LogP contribution in [0.25, 0.3) is 0 Å². The molecule has 1 heterocycles. The molecule has 0 aliphatic heterocycles. The Bertz CT molecular complexity index is 357. The average molecular weight is 214 g/mol. The van der Waals surface area contributed by atoms with E-state index in [0.717, 1.165) is 11.6 Å². The third kappa shape index (κ3) is 2.45. The summed E-state index contributed by atoms with van der Waals surface area (Å²) in [7, 11) is 0. The zero-order valence-corrected chi connectivity index (χ0v) is 8.12. The second kappa shape index (κ2) is 3.45. The van der Waals surface area contributed by atoms with Crippen molar-refractivity contribution in [1.29, 1.82) is 0 Å². The van der Waals surface area contributed by atoms with Gasteiger partial charge in [-0.15, -0.1) is 0 Å². The van der Waals surface area contributed by atoms with E-state index in [9.17, 15) is 13.9 Å². The molecule has 15 heavy (non-hydrogen) atoms. The van der Waals surface area contributed by atoms with Gasteiger partial charge in [0.05, 0.1) is 18.1 Å². The van der Waals surface area contributed by atoms with E-state index in [1.807, 2.05) is 0 Å². The van der Waals surface area contributed by atoms with Crippen LogP contribution < -0.4 is 0 Å². The lowest BCUT2D eigenvalue weighted by atomic mass is 9.85. The number of rotatable bonds is 2. The van der Waals surface area contributed by atoms with Gasteiger partial charge in [0, 0.05) is 12.8 Å². The average Bonchev–Trinajstić information content (AvgIpc) is 2.64. The summed E-state index contributed by atoms with van der Waals surface area (Å²) in [4.78, 5) is 0. The van der Waals surface area contributed by atoms with Crippen LogP contribution in [0.5, 0.6) is 0 Å². The molecular formula is C11H12F2O2. The fraction of sp³-hybridized carbons (Fsp3) is 0.455. The topological polar surface area (TPSA) is 33.4 Å². The summed E-state index contributed by atoms with van der Waals surface area (Å²) in [5.41, 5.74) is -0.349. The van der Waals surface area contributed by atoms with Gasteiger partial charge in [-0.2, -0.15) is 0 Å². The number of hydrogen-bond acceptors (Lipinski definition) is 2. The predicted molar refractivity (Wildman–Crippen MR) is 50.7 cm³/mol. The number of furan rings is 1. The molecule has 4 heteroatoms. The number of aliphatic hydroxyl groups is 1. The third-order valence-corrected chi connectivity index (χ3v) is 2.62. The quantitative estimate of drug-likeness (QED) is 0.767. The van der Waals surface area contributed by atoms with Gasteiger partial charge in [-0.1, -0.05) is 6.08 Å². The summed E-state index contributed by atoms with van der Waals surface area (Å²) in [6, 6.07) is 1.72. The van der Waals surface area contributed by atoms with Crippen LogP contribution in [-0.4, -0.2) is 16.6 Å². The first-order valence-corrected chi connectivity index (χ1v) is 4.81. The van der Waals surface area contributed by atoms with Gasteiger partial charge < -0.3 is 9.52 Å². The molecule has 82 valence electrons. The van der Waals surface area contributed by atoms with E-state index >= 15 is 0 Å². The normalized spacial score (nSPS) is 29.3. The smallest absolute Gasteiger partial charge is 0.266 e. The van der Waals surface area contributed by atoms with Gasteiger partial charge in [-0.25, -0.2) is 8.78 Å². The van der Waals surface area contributed by atoms with Crippen LogP contribution in [0.3, 0.4) is 0 Å². The second-order valence-electron chi connectivity index (χ2n) is 4.01. The number of hydrogen-bond donors (Lipinski definition) is 1. The van der Waals surface area contributed by atoms with Crippen LogP contribution in [0.1, 0.15) is 18.4 Å². The van der Waals surface area contributed by atoms with Crippen molar-refractivity contribution in [3.63, 3.8) is 0 Å². The van der Waals surface area contributed by atoms with Gasteiger partial charge in [0.2, 0.25) is 0 Å². The van der Waals surface area contributed by atoms with Crippen molar-refractivity contribution >= 4 is 0 Å². The van der Waals surface area contributed by atoms with Crippen LogP contribution in [0, 0.1) is 0 Å². The van der Waals surface area contributed by atoms with E-state index in [1.54, 1.807) is 6.07 Å². The summed E-state index contributed by atoms with van der Waals surface area (Å²) < 4.78 is 30.5. The molecule has 0 radical (unpaired) electrons. The summed E-state index contributed by atoms with van der Waals surface area (Å²) in [5.74, 6) is -2.78. The Labute approximate surface area is 86.2 Å². The Balaban J connectivity index is 2.09. The first-order valence-electron chi connectivity index (χ1n) is 4.81. The highest BCUT2D eigenvalue weighted by Gasteiger charge is 2.37. The van der Waals surface area contributed by atoms with Crippen molar-refractivity contribution in [2.45, 2.75) is 30.8 Å². The summed E-state index contributed by atoms with van der Waals surface area (Å²) in [6.07, 6.45) is 5.08. The molecule has 0 amide bonds. The maximum atomic E-state index is 12.8. The van der Waals surface area contributed by atoms with Gasteiger partial charge in [-0.3, -0.25) is 0 Å². The van der Waals surface area contributed by atoms with Gasteiger partial charge in [0.25, 0.3) is 5.92 Å². The number of allylic oxidation sites excluding steroid dienone is 1. The molecule has 0 bridgehead atoms. The van der Waals surface area contributed by atoms with E-state index in [4.69, 9.17) is 4.42 Å². The molecule has 1 aromatic rings. The van der Waals surface area contributed by atoms with Crippen LogP contribution in [0.4, 0.5) is 8.78 Å². The summed E-state index contributed by atoms with van der Waals surface area (Å²) >= 11 is 0. The minimum atomic E-state index is -2.78. The van der Waals surface area contributed by atoms with Gasteiger partial charge in [0.1, 0.15) is 0 Å². The molecule has 0 spiro atoms. The molecule has 1 N–H and O–H groups in total. The van der Waals surface area contributed by atoms with Crippen LogP contribution in [-0.2, 0) is 6.42 Å². The first-order chi connectivity index (χ1) is 6.99. The molecule has 1 aliphatic carbocycles. The zero-order chi connectivity index (χ0) is 10.9. The molecule has 0 aromatic carbocycles. The van der Waals surface area contributed by atoms with Crippen LogP contribution >= 0.6 is 0 Å². The molecule has 2 rings (SSSR count). The molecule has 0 fully saturated rings. The molecular weight excluding hydrogens is 202 g/mol. The van der Waals surface area contributed by atoms with E-state index in [2.05, 4.69) is 0 Å². The standard InChI is InChI=1S/C11H12F2O2/c12-11(13)4-2-10(14,3-5-11)7-9-1-6-15-8-9/h1-2,4,6,8,14H,3,5,7H2. The van der Waals surface area contributed by atoms with Gasteiger partial charge in [0.15, 0.2) is 0 Å². The van der Waals surface area contributed by atoms with Crippen molar-refractivity contribution < 1.29 is 18.3 Å². The van der Waals surface area contributed by atoms with E-state index < -0.39 is 11.5 Å². The minimum absolute atomic E-state index is 0.0711. The highest BCUT2D eigenvalue weighted by Crippen LogP contribution is 2.34. The highest BCUT2D eigenvalue weighted by atomic mass is 19.3. The lowest BCUT2D eigenvalue weighted by Gasteiger charge is -2.30. The molecule has 1 aliphatic rings. The third-order valence-electron chi connectivity index (χ3n) is 2.62. The highest BCUT2D eigenvalue weighted by molar-refractivity contribution is 5.18. The predicted octanol–water partition coefficient (Wildman–Crippen LogP) is 2.54. The molecule has 2 nitrogen and oxygen atoms in total. The first kappa shape index (κ1) is 10.4. The maximum Gasteiger partial charge on any atom is 0.266 e. The van der Waals surface area contributed by atoms with E-state index in [0.29, 0.717) is 6.42 Å². The zero-order valence-electron chi connectivity index (χ0n) is 8.12. The summed E-state index contributed by atoms with van der Waals surface area (Å²) in [6.45, 7) is 0. The van der Waals surface area contributed by atoms with Crippen LogP contribution in [0.2, 0.25) is 0 Å². The molecule has 0 saturated carbocycles. The second-order valence-corrected chi connectivity index (χ2v) is 4.01. The molecule has 0 saturated heterocycles. The molecule has 1 aromatic heterocycles. The number of halogens is 2. The SMILES string of the molecule is OC1(Cc2ccoc2)C=CC(F)(F)CC1. The van der Waals surface area contributed by atoms with Gasteiger partial charge in [-0.05, 0) is 24.1 Å². The largest absolute Gasteiger partial charge is 0.472 e. The fourth-order valence-electron chi connectivity index (χ4n) is 1.72. The Morgan fingerprint density at radius 1 is 1.33 bits per heavy atom. The summed E-state index contributed by atoms with van der Waals surface area (Å²) in [5, 5.41) is 10.0. The number of alkyl halides is 2. The Hall–Kier alpha value is -1.16. The van der Waals surface area contributed by atoms with E-state index in [-0.39, 0.29) is 12.8 Å². The van der Waals surface area contributed by atoms with Crippen molar-refractivity contribution in [3.8, 4) is 0 Å². The van der Waals surface area contributed by atoms with Crippen molar-refractivity contribution in [3.05, 3.63) is 36.3 Å². The lowest BCUT2D eigenvalue weighted by molar-refractivity contribution is -0.0114. The van der Waals surface area contributed by atoms with Crippen LogP contribution in [0.15, 0.2) is 35.2 Å². The fourth-order valence-corrected chi connectivity index (χ4v) is 1.72. The molecule has 1 atom stereocenters. The van der Waals surface area contributed by atoms with Crippen molar-refractivity contribution in [2.75, 3.05) is 0 Å². The van der Waals surface area contributed by atoms with E-state index in [1.165, 1.54) is 18.6 Å². The molecule has 1 unspecified atom stereocenters. The van der Waals surface area contributed by atoms with Crippen molar-refractivity contribution in [2.24, 2.45) is 0 Å². The monoisotopic (exact) mass is 214 g/mol. The minimum Gasteiger partial charge on any atom is -0.472 e. The van der Waals surface area contributed by atoms with Crippen molar-refractivity contribution in [1.82, 2.24) is 0 Å². The Morgan fingerprint density at radius 3 is 2.67 bits per heavy atom.